The Morgan fingerprint density at radius 2 is 2.22 bits per heavy atom. The van der Waals surface area contributed by atoms with Crippen molar-refractivity contribution in [3.05, 3.63) is 41.4 Å². The van der Waals surface area contributed by atoms with Gasteiger partial charge in [0, 0.05) is 17.6 Å². The second-order valence-electron chi connectivity index (χ2n) is 4.01. The average molecular weight is 260 g/mol. The summed E-state index contributed by atoms with van der Waals surface area (Å²) >= 11 is 1.62. The maximum absolute atomic E-state index is 11.6. The van der Waals surface area contributed by atoms with E-state index in [9.17, 15) is 4.79 Å². The fourth-order valence-electron chi connectivity index (χ4n) is 1.60. The predicted molar refractivity (Wildman–Crippen MR) is 74.6 cm³/mol. The molecule has 0 bridgehead atoms. The lowest BCUT2D eigenvalue weighted by Crippen LogP contribution is -2.25. The van der Waals surface area contributed by atoms with E-state index in [1.165, 1.54) is 0 Å². The van der Waals surface area contributed by atoms with Crippen LogP contribution in [0.25, 0.3) is 10.6 Å². The second kappa shape index (κ2) is 6.31. The summed E-state index contributed by atoms with van der Waals surface area (Å²) in [4.78, 5) is 18.1. The molecule has 2 heterocycles. The molecule has 1 amide bonds. The molecular weight excluding hydrogens is 244 g/mol. The molecule has 0 atom stereocenters. The van der Waals surface area contributed by atoms with E-state index in [4.69, 9.17) is 0 Å². The molecule has 0 saturated heterocycles. The molecule has 0 spiro atoms. The Labute approximate surface area is 111 Å². The van der Waals surface area contributed by atoms with Crippen LogP contribution in [-0.2, 0) is 11.2 Å². The number of pyridine rings is 1. The highest BCUT2D eigenvalue weighted by Crippen LogP contribution is 2.26. The number of carbonyl (C=O) groups excluding carboxylic acids is 1. The van der Waals surface area contributed by atoms with Gasteiger partial charge in [0.1, 0.15) is 0 Å². The van der Waals surface area contributed by atoms with E-state index < -0.39 is 0 Å². The molecular formula is C14H16N2OS. The van der Waals surface area contributed by atoms with Gasteiger partial charge in [0.15, 0.2) is 0 Å². The minimum Gasteiger partial charge on any atom is -0.356 e. The van der Waals surface area contributed by atoms with Gasteiger partial charge in [-0.2, -0.15) is 0 Å². The normalized spacial score (nSPS) is 10.3. The minimum absolute atomic E-state index is 0.0891. The Balaban J connectivity index is 2.00. The van der Waals surface area contributed by atoms with Crippen LogP contribution in [0, 0.1) is 0 Å². The van der Waals surface area contributed by atoms with Crippen LogP contribution in [0.2, 0.25) is 0 Å². The monoisotopic (exact) mass is 260 g/mol. The van der Waals surface area contributed by atoms with Gasteiger partial charge in [0.2, 0.25) is 5.91 Å². The van der Waals surface area contributed by atoms with Crippen LogP contribution >= 0.6 is 11.3 Å². The van der Waals surface area contributed by atoms with Crippen molar-refractivity contribution < 1.29 is 4.79 Å². The fraction of sp³-hybridized carbons (Fsp3) is 0.286. The number of nitrogens with zero attached hydrogens (tertiary/aromatic N) is 1. The molecule has 0 aliphatic heterocycles. The van der Waals surface area contributed by atoms with Gasteiger partial charge < -0.3 is 5.32 Å². The van der Waals surface area contributed by atoms with E-state index in [1.54, 1.807) is 17.5 Å². The fourth-order valence-corrected chi connectivity index (χ4v) is 2.59. The number of rotatable bonds is 5. The number of nitrogens with one attached hydrogen (secondary N) is 1. The number of carbonyl (C=O) groups is 1. The van der Waals surface area contributed by atoms with Gasteiger partial charge in [-0.3, -0.25) is 9.78 Å². The van der Waals surface area contributed by atoms with Gasteiger partial charge in [0.25, 0.3) is 0 Å². The molecule has 0 radical (unpaired) electrons. The van der Waals surface area contributed by atoms with Crippen molar-refractivity contribution in [1.82, 2.24) is 10.3 Å². The average Bonchev–Trinajstić information content (AvgIpc) is 2.86. The molecule has 3 nitrogen and oxygen atoms in total. The summed E-state index contributed by atoms with van der Waals surface area (Å²) in [7, 11) is 0. The summed E-state index contributed by atoms with van der Waals surface area (Å²) in [6.45, 7) is 2.79. The smallest absolute Gasteiger partial charge is 0.225 e. The zero-order valence-electron chi connectivity index (χ0n) is 10.3. The van der Waals surface area contributed by atoms with Crippen LogP contribution in [0.15, 0.2) is 36.5 Å². The maximum atomic E-state index is 11.6. The van der Waals surface area contributed by atoms with E-state index in [0.717, 1.165) is 28.4 Å². The zero-order valence-corrected chi connectivity index (χ0v) is 11.2. The lowest BCUT2D eigenvalue weighted by atomic mass is 10.3. The van der Waals surface area contributed by atoms with Crippen LogP contribution in [0.4, 0.5) is 0 Å². The molecule has 0 saturated carbocycles. The van der Waals surface area contributed by atoms with Gasteiger partial charge >= 0.3 is 0 Å². The lowest BCUT2D eigenvalue weighted by molar-refractivity contribution is -0.120. The standard InChI is InChI=1S/C14H16N2OS/c1-2-8-16-14(17)10-11-6-7-13(18-11)12-5-3-4-9-15-12/h3-7,9H,2,8,10H2,1H3,(H,16,17). The number of hydrogen-bond donors (Lipinski definition) is 1. The third-order valence-corrected chi connectivity index (χ3v) is 3.59. The minimum atomic E-state index is 0.0891. The molecule has 0 aromatic carbocycles. The quantitative estimate of drug-likeness (QED) is 0.898. The Bertz CT molecular complexity index is 508. The third-order valence-electron chi connectivity index (χ3n) is 2.49. The Kier molecular flexibility index (Phi) is 4.47. The van der Waals surface area contributed by atoms with Crippen molar-refractivity contribution >= 4 is 17.2 Å². The number of thiophene rings is 1. The van der Waals surface area contributed by atoms with Gasteiger partial charge in [0.05, 0.1) is 17.0 Å². The first-order valence-corrected chi connectivity index (χ1v) is 6.88. The summed E-state index contributed by atoms with van der Waals surface area (Å²) in [5.41, 5.74) is 0.961. The topological polar surface area (TPSA) is 42.0 Å². The first kappa shape index (κ1) is 12.8. The zero-order chi connectivity index (χ0) is 12.8. The van der Waals surface area contributed by atoms with Crippen molar-refractivity contribution in [2.24, 2.45) is 0 Å². The Morgan fingerprint density at radius 1 is 1.33 bits per heavy atom. The lowest BCUT2D eigenvalue weighted by Gasteiger charge is -2.00. The highest BCUT2D eigenvalue weighted by molar-refractivity contribution is 7.15. The van der Waals surface area contributed by atoms with Crippen LogP contribution in [-0.4, -0.2) is 17.4 Å². The van der Waals surface area contributed by atoms with Crippen molar-refractivity contribution in [2.75, 3.05) is 6.54 Å². The molecule has 2 aromatic heterocycles. The van der Waals surface area contributed by atoms with Crippen LogP contribution < -0.4 is 5.32 Å². The van der Waals surface area contributed by atoms with E-state index in [-0.39, 0.29) is 5.91 Å². The van der Waals surface area contributed by atoms with Crippen molar-refractivity contribution in [3.8, 4) is 10.6 Å². The van der Waals surface area contributed by atoms with Crippen molar-refractivity contribution in [3.63, 3.8) is 0 Å². The Morgan fingerprint density at radius 3 is 2.94 bits per heavy atom. The SMILES string of the molecule is CCCNC(=O)Cc1ccc(-c2ccccn2)s1. The van der Waals surface area contributed by atoms with Crippen LogP contribution in [0.3, 0.4) is 0 Å². The van der Waals surface area contributed by atoms with E-state index in [2.05, 4.69) is 10.3 Å². The van der Waals surface area contributed by atoms with Crippen LogP contribution in [0.5, 0.6) is 0 Å². The maximum Gasteiger partial charge on any atom is 0.225 e. The van der Waals surface area contributed by atoms with E-state index in [1.807, 2.05) is 37.3 Å². The van der Waals surface area contributed by atoms with Gasteiger partial charge in [-0.25, -0.2) is 0 Å². The number of amides is 1. The summed E-state index contributed by atoms with van der Waals surface area (Å²) in [5.74, 6) is 0.0891. The molecule has 0 aliphatic rings. The molecule has 94 valence electrons. The Hall–Kier alpha value is -1.68. The second-order valence-corrected chi connectivity index (χ2v) is 5.18. The van der Waals surface area contributed by atoms with Crippen LogP contribution in [0.1, 0.15) is 18.2 Å². The highest BCUT2D eigenvalue weighted by atomic mass is 32.1. The molecule has 0 aliphatic carbocycles. The van der Waals surface area contributed by atoms with Gasteiger partial charge in [-0.1, -0.05) is 13.0 Å². The first-order chi connectivity index (χ1) is 8.79. The van der Waals surface area contributed by atoms with Crippen molar-refractivity contribution in [1.29, 1.82) is 0 Å². The number of hydrogen-bond acceptors (Lipinski definition) is 3. The molecule has 4 heteroatoms. The molecule has 0 fully saturated rings. The highest BCUT2D eigenvalue weighted by Gasteiger charge is 2.07. The van der Waals surface area contributed by atoms with Gasteiger partial charge in [-0.05, 0) is 30.7 Å². The van der Waals surface area contributed by atoms with E-state index >= 15 is 0 Å². The third kappa shape index (κ3) is 3.40. The molecule has 1 N–H and O–H groups in total. The van der Waals surface area contributed by atoms with Crippen molar-refractivity contribution in [2.45, 2.75) is 19.8 Å². The molecule has 0 unspecified atom stereocenters. The summed E-state index contributed by atoms with van der Waals surface area (Å²) in [6.07, 6.45) is 3.20. The molecule has 18 heavy (non-hydrogen) atoms. The largest absolute Gasteiger partial charge is 0.356 e. The summed E-state index contributed by atoms with van der Waals surface area (Å²) < 4.78 is 0. The predicted octanol–water partition coefficient (Wildman–Crippen LogP) is 2.88. The molecule has 2 aromatic rings. The van der Waals surface area contributed by atoms with E-state index in [0.29, 0.717) is 6.42 Å². The summed E-state index contributed by atoms with van der Waals surface area (Å²) in [5, 5.41) is 2.88. The first-order valence-electron chi connectivity index (χ1n) is 6.06. The molecule has 2 rings (SSSR count). The summed E-state index contributed by atoms with van der Waals surface area (Å²) in [6, 6.07) is 9.87. The van der Waals surface area contributed by atoms with Gasteiger partial charge in [-0.15, -0.1) is 11.3 Å². The number of aromatic nitrogens is 1.